The third-order valence-electron chi connectivity index (χ3n) is 3.11. The maximum atomic E-state index is 12.2. The number of benzene rings is 2. The van der Waals surface area contributed by atoms with Crippen LogP contribution in [0.15, 0.2) is 48.5 Å². The molecule has 0 aromatic heterocycles. The van der Waals surface area contributed by atoms with Gasteiger partial charge >= 0.3 is 6.03 Å². The molecule has 0 unspecified atom stereocenters. The van der Waals surface area contributed by atoms with Crippen LogP contribution in [0, 0.1) is 0 Å². The zero-order chi connectivity index (χ0) is 17.4. The molecule has 3 amide bonds. The summed E-state index contributed by atoms with van der Waals surface area (Å²) in [6.07, 6.45) is 0. The minimum absolute atomic E-state index is 0.283. The van der Waals surface area contributed by atoms with Crippen molar-refractivity contribution in [1.29, 1.82) is 0 Å². The molecular weight excluding hydrogens is 330 g/mol. The third-order valence-corrected chi connectivity index (χ3v) is 3.37. The number of para-hydroxylation sites is 1. The molecule has 0 heterocycles. The van der Waals surface area contributed by atoms with Gasteiger partial charge in [-0.1, -0.05) is 23.7 Å². The van der Waals surface area contributed by atoms with Gasteiger partial charge in [0.05, 0.1) is 17.9 Å². The molecule has 0 bridgehead atoms. The van der Waals surface area contributed by atoms with E-state index in [1.165, 1.54) is 0 Å². The smallest absolute Gasteiger partial charge is 0.323 e. The Kier molecular flexibility index (Phi) is 6.60. The fraction of sp³-hybridized carbons (Fsp3) is 0.176. The first-order valence-electron chi connectivity index (χ1n) is 7.30. The van der Waals surface area contributed by atoms with Crippen LogP contribution in [0.1, 0.15) is 10.4 Å². The minimum Gasteiger partial charge on any atom is -0.383 e. The Hall–Kier alpha value is -2.57. The van der Waals surface area contributed by atoms with E-state index in [0.29, 0.717) is 35.1 Å². The lowest BCUT2D eigenvalue weighted by Crippen LogP contribution is -2.28. The summed E-state index contributed by atoms with van der Waals surface area (Å²) < 4.78 is 4.89. The summed E-state index contributed by atoms with van der Waals surface area (Å²) in [5.41, 5.74) is 1.39. The number of carbonyl (C=O) groups excluding carboxylic acids is 2. The van der Waals surface area contributed by atoms with Crippen LogP contribution in [0.2, 0.25) is 5.02 Å². The molecule has 126 valence electrons. The quantitative estimate of drug-likeness (QED) is 0.701. The number of methoxy groups -OCH3 is 1. The Morgan fingerprint density at radius 3 is 2.46 bits per heavy atom. The molecule has 0 atom stereocenters. The fourth-order valence-electron chi connectivity index (χ4n) is 1.97. The van der Waals surface area contributed by atoms with Gasteiger partial charge in [-0.3, -0.25) is 4.79 Å². The van der Waals surface area contributed by atoms with Crippen LogP contribution in [0.4, 0.5) is 16.2 Å². The number of rotatable bonds is 6. The van der Waals surface area contributed by atoms with Crippen molar-refractivity contribution in [3.8, 4) is 0 Å². The number of halogens is 1. The molecule has 0 saturated carbocycles. The number of ether oxygens (including phenoxy) is 1. The monoisotopic (exact) mass is 347 g/mol. The molecule has 0 radical (unpaired) electrons. The average Bonchev–Trinajstić information content (AvgIpc) is 2.57. The maximum absolute atomic E-state index is 12.2. The van der Waals surface area contributed by atoms with Crippen LogP contribution in [-0.2, 0) is 4.74 Å². The number of amides is 3. The molecule has 0 aliphatic rings. The van der Waals surface area contributed by atoms with Crippen molar-refractivity contribution in [3.05, 3.63) is 59.1 Å². The first kappa shape index (κ1) is 17.8. The predicted molar refractivity (Wildman–Crippen MR) is 94.7 cm³/mol. The second kappa shape index (κ2) is 8.90. The van der Waals surface area contributed by atoms with Crippen LogP contribution >= 0.6 is 11.6 Å². The van der Waals surface area contributed by atoms with E-state index in [4.69, 9.17) is 16.3 Å². The zero-order valence-corrected chi connectivity index (χ0v) is 13.9. The number of hydrogen-bond donors (Lipinski definition) is 3. The highest BCUT2D eigenvalue weighted by Gasteiger charge is 2.12. The van der Waals surface area contributed by atoms with Crippen LogP contribution in [0.3, 0.4) is 0 Å². The minimum atomic E-state index is -0.450. The van der Waals surface area contributed by atoms with E-state index >= 15 is 0 Å². The Morgan fingerprint density at radius 1 is 1.04 bits per heavy atom. The van der Waals surface area contributed by atoms with Crippen molar-refractivity contribution in [1.82, 2.24) is 5.32 Å². The predicted octanol–water partition coefficient (Wildman–Crippen LogP) is 3.36. The summed E-state index contributed by atoms with van der Waals surface area (Å²) >= 11 is 5.80. The van der Waals surface area contributed by atoms with Gasteiger partial charge in [0, 0.05) is 24.4 Å². The molecular formula is C17H18ClN3O3. The Morgan fingerprint density at radius 2 is 1.75 bits per heavy atom. The Bertz CT molecular complexity index is 704. The van der Waals surface area contributed by atoms with Gasteiger partial charge in [-0.2, -0.15) is 0 Å². The second-order valence-electron chi connectivity index (χ2n) is 4.88. The van der Waals surface area contributed by atoms with Gasteiger partial charge in [-0.25, -0.2) is 4.79 Å². The van der Waals surface area contributed by atoms with Crippen LogP contribution in [0.5, 0.6) is 0 Å². The van der Waals surface area contributed by atoms with Crippen molar-refractivity contribution in [2.75, 3.05) is 30.9 Å². The summed E-state index contributed by atoms with van der Waals surface area (Å²) in [6.45, 7) is 0.805. The summed E-state index contributed by atoms with van der Waals surface area (Å²) in [5, 5.41) is 8.65. The van der Waals surface area contributed by atoms with Crippen LogP contribution < -0.4 is 16.0 Å². The molecule has 2 rings (SSSR count). The number of urea groups is 1. The largest absolute Gasteiger partial charge is 0.383 e. The lowest BCUT2D eigenvalue weighted by atomic mass is 10.1. The zero-order valence-electron chi connectivity index (χ0n) is 13.1. The van der Waals surface area contributed by atoms with Gasteiger partial charge in [0.25, 0.3) is 5.91 Å². The summed E-state index contributed by atoms with van der Waals surface area (Å²) in [6, 6.07) is 13.0. The molecule has 0 spiro atoms. The first-order chi connectivity index (χ1) is 11.6. The topological polar surface area (TPSA) is 79.5 Å². The first-order valence-corrected chi connectivity index (χ1v) is 7.67. The highest BCUT2D eigenvalue weighted by atomic mass is 35.5. The van der Waals surface area contributed by atoms with Gasteiger partial charge in [0.1, 0.15) is 0 Å². The van der Waals surface area contributed by atoms with E-state index in [9.17, 15) is 9.59 Å². The van der Waals surface area contributed by atoms with Gasteiger partial charge in [0.2, 0.25) is 0 Å². The van der Waals surface area contributed by atoms with Crippen molar-refractivity contribution in [3.63, 3.8) is 0 Å². The summed E-state index contributed by atoms with van der Waals surface area (Å²) in [7, 11) is 1.56. The Labute approximate surface area is 145 Å². The molecule has 0 saturated heterocycles. The molecule has 0 fully saturated rings. The van der Waals surface area contributed by atoms with Gasteiger partial charge < -0.3 is 20.7 Å². The highest BCUT2D eigenvalue weighted by molar-refractivity contribution is 6.30. The van der Waals surface area contributed by atoms with E-state index in [0.717, 1.165) is 0 Å². The van der Waals surface area contributed by atoms with Gasteiger partial charge in [-0.05, 0) is 36.4 Å². The Balaban J connectivity index is 2.02. The van der Waals surface area contributed by atoms with Crippen LogP contribution in [0.25, 0.3) is 0 Å². The molecule has 0 aliphatic carbocycles. The maximum Gasteiger partial charge on any atom is 0.323 e. The summed E-state index contributed by atoms with van der Waals surface area (Å²) in [5.74, 6) is -0.283. The van der Waals surface area contributed by atoms with Crippen LogP contribution in [-0.4, -0.2) is 32.2 Å². The molecule has 2 aromatic rings. The molecule has 6 nitrogen and oxygen atoms in total. The SMILES string of the molecule is COCCNC(=O)c1ccccc1NC(=O)Nc1ccc(Cl)cc1. The van der Waals surface area contributed by atoms with Crippen molar-refractivity contribution in [2.45, 2.75) is 0 Å². The van der Waals surface area contributed by atoms with E-state index in [1.54, 1.807) is 55.6 Å². The van der Waals surface area contributed by atoms with Crippen molar-refractivity contribution < 1.29 is 14.3 Å². The van der Waals surface area contributed by atoms with E-state index < -0.39 is 6.03 Å². The van der Waals surface area contributed by atoms with Gasteiger partial charge in [0.15, 0.2) is 0 Å². The molecule has 2 aromatic carbocycles. The van der Waals surface area contributed by atoms with Gasteiger partial charge in [-0.15, -0.1) is 0 Å². The normalized spacial score (nSPS) is 10.1. The second-order valence-corrected chi connectivity index (χ2v) is 5.32. The van der Waals surface area contributed by atoms with E-state index in [2.05, 4.69) is 16.0 Å². The number of hydrogen-bond acceptors (Lipinski definition) is 3. The standard InChI is InChI=1S/C17H18ClN3O3/c1-24-11-10-19-16(22)14-4-2-3-5-15(14)21-17(23)20-13-8-6-12(18)7-9-13/h2-9H,10-11H2,1H3,(H,19,22)(H2,20,21,23). The van der Waals surface area contributed by atoms with Crippen molar-refractivity contribution >= 4 is 34.9 Å². The summed E-state index contributed by atoms with van der Waals surface area (Å²) in [4.78, 5) is 24.3. The highest BCUT2D eigenvalue weighted by Crippen LogP contribution is 2.17. The van der Waals surface area contributed by atoms with E-state index in [1.807, 2.05) is 0 Å². The third kappa shape index (κ3) is 5.26. The number of carbonyl (C=O) groups is 2. The molecule has 0 aliphatic heterocycles. The average molecular weight is 348 g/mol. The molecule has 3 N–H and O–H groups in total. The molecule has 24 heavy (non-hydrogen) atoms. The lowest BCUT2D eigenvalue weighted by Gasteiger charge is -2.12. The fourth-order valence-corrected chi connectivity index (χ4v) is 2.10. The van der Waals surface area contributed by atoms with E-state index in [-0.39, 0.29) is 5.91 Å². The lowest BCUT2D eigenvalue weighted by molar-refractivity contribution is 0.0938. The molecule has 7 heteroatoms. The number of anilines is 2. The number of nitrogens with one attached hydrogen (secondary N) is 3. The van der Waals surface area contributed by atoms with Crippen molar-refractivity contribution in [2.24, 2.45) is 0 Å².